The maximum absolute atomic E-state index is 12.2. The Morgan fingerprint density at radius 1 is 0.909 bits per heavy atom. The van der Waals surface area contributed by atoms with Crippen molar-refractivity contribution in [2.24, 2.45) is 5.73 Å². The number of halogens is 2. The average Bonchev–Trinajstić information content (AvgIpc) is 2.50. The molecule has 0 bridgehead atoms. The Morgan fingerprint density at radius 2 is 1.55 bits per heavy atom. The first-order valence-corrected chi connectivity index (χ1v) is 7.11. The number of carbonyl (C=O) groups is 2. The molecule has 0 aliphatic rings. The lowest BCUT2D eigenvalue weighted by molar-refractivity contribution is -0.114. The maximum Gasteiger partial charge on any atom is 0.255 e. The molecule has 0 atom stereocenters. The zero-order chi connectivity index (χ0) is 16.1. The summed E-state index contributed by atoms with van der Waals surface area (Å²) in [4.78, 5) is 23.6. The lowest BCUT2D eigenvalue weighted by Gasteiger charge is -2.12. The number of hydrogen-bond donors (Lipinski definition) is 3. The van der Waals surface area contributed by atoms with Gasteiger partial charge in [0.05, 0.1) is 17.9 Å². The number of nitrogens with one attached hydrogen (secondary N) is 2. The van der Waals surface area contributed by atoms with E-state index >= 15 is 0 Å². The summed E-state index contributed by atoms with van der Waals surface area (Å²) in [6, 6.07) is 11.2. The number of rotatable bonds is 4. The second kappa shape index (κ2) is 7.26. The van der Waals surface area contributed by atoms with E-state index in [0.717, 1.165) is 0 Å². The summed E-state index contributed by atoms with van der Waals surface area (Å²) in [5.74, 6) is -0.716. The van der Waals surface area contributed by atoms with E-state index in [1.807, 2.05) is 0 Å². The topological polar surface area (TPSA) is 84.2 Å². The number of hydrogen-bond acceptors (Lipinski definition) is 3. The summed E-state index contributed by atoms with van der Waals surface area (Å²) in [6.45, 7) is -0.170. The number of anilines is 2. The molecular weight excluding hydrogens is 325 g/mol. The van der Waals surface area contributed by atoms with E-state index in [4.69, 9.17) is 28.9 Å². The molecule has 2 aromatic carbocycles. The van der Waals surface area contributed by atoms with Crippen LogP contribution in [0.2, 0.25) is 10.0 Å². The third kappa shape index (κ3) is 4.21. The fourth-order valence-corrected chi connectivity index (χ4v) is 2.02. The van der Waals surface area contributed by atoms with Gasteiger partial charge in [-0.15, -0.1) is 0 Å². The fraction of sp³-hybridized carbons (Fsp3) is 0.0667. The van der Waals surface area contributed by atoms with E-state index in [1.54, 1.807) is 36.4 Å². The second-order valence-corrected chi connectivity index (χ2v) is 5.28. The zero-order valence-electron chi connectivity index (χ0n) is 11.4. The highest BCUT2D eigenvalue weighted by molar-refractivity contribution is 6.31. The van der Waals surface area contributed by atoms with Crippen molar-refractivity contribution in [1.29, 1.82) is 0 Å². The lowest BCUT2D eigenvalue weighted by Crippen LogP contribution is -2.23. The molecule has 2 rings (SSSR count). The van der Waals surface area contributed by atoms with Crippen molar-refractivity contribution in [3.8, 4) is 0 Å². The van der Waals surface area contributed by atoms with Crippen LogP contribution >= 0.6 is 23.2 Å². The zero-order valence-corrected chi connectivity index (χ0v) is 12.9. The Balaban J connectivity index is 2.23. The number of nitrogens with two attached hydrogens (primary N) is 1. The van der Waals surface area contributed by atoms with Gasteiger partial charge < -0.3 is 16.4 Å². The molecule has 0 aromatic heterocycles. The van der Waals surface area contributed by atoms with Crippen molar-refractivity contribution in [3.63, 3.8) is 0 Å². The van der Waals surface area contributed by atoms with Crippen LogP contribution in [0.3, 0.4) is 0 Å². The van der Waals surface area contributed by atoms with Crippen LogP contribution in [0.15, 0.2) is 42.5 Å². The van der Waals surface area contributed by atoms with E-state index in [9.17, 15) is 9.59 Å². The van der Waals surface area contributed by atoms with Crippen molar-refractivity contribution in [1.82, 2.24) is 0 Å². The quantitative estimate of drug-likeness (QED) is 0.801. The maximum atomic E-state index is 12.2. The molecule has 2 amide bonds. The Labute approximate surface area is 137 Å². The minimum atomic E-state index is -0.385. The van der Waals surface area contributed by atoms with Gasteiger partial charge in [0.2, 0.25) is 5.91 Å². The third-order valence-electron chi connectivity index (χ3n) is 2.80. The van der Waals surface area contributed by atoms with E-state index in [1.165, 1.54) is 6.07 Å². The normalized spacial score (nSPS) is 10.1. The number of amides is 2. The van der Waals surface area contributed by atoms with Crippen molar-refractivity contribution >= 4 is 46.4 Å². The highest BCUT2D eigenvalue weighted by Crippen LogP contribution is 2.26. The van der Waals surface area contributed by atoms with Crippen LogP contribution in [0.25, 0.3) is 0 Å². The highest BCUT2D eigenvalue weighted by atomic mass is 35.5. The molecule has 0 fully saturated rings. The SMILES string of the molecule is NCC(=O)Nc1cc(Cl)ccc1NC(=O)c1ccc(Cl)cc1. The first-order valence-electron chi connectivity index (χ1n) is 6.36. The third-order valence-corrected chi connectivity index (χ3v) is 3.28. The van der Waals surface area contributed by atoms with Gasteiger partial charge >= 0.3 is 0 Å². The summed E-state index contributed by atoms with van der Waals surface area (Å²) in [5, 5.41) is 6.26. The van der Waals surface area contributed by atoms with Crippen LogP contribution < -0.4 is 16.4 Å². The van der Waals surface area contributed by atoms with Crippen LogP contribution in [0.5, 0.6) is 0 Å². The summed E-state index contributed by atoms with van der Waals surface area (Å²) >= 11 is 11.7. The van der Waals surface area contributed by atoms with Gasteiger partial charge in [0.25, 0.3) is 5.91 Å². The fourth-order valence-electron chi connectivity index (χ4n) is 1.73. The van der Waals surface area contributed by atoms with E-state index < -0.39 is 0 Å². The van der Waals surface area contributed by atoms with Gasteiger partial charge in [-0.2, -0.15) is 0 Å². The first kappa shape index (κ1) is 16.3. The van der Waals surface area contributed by atoms with Gasteiger partial charge in [-0.05, 0) is 42.5 Å². The lowest BCUT2D eigenvalue weighted by atomic mass is 10.2. The molecular formula is C15H13Cl2N3O2. The predicted molar refractivity (Wildman–Crippen MR) is 88.5 cm³/mol. The van der Waals surface area contributed by atoms with Gasteiger partial charge in [-0.3, -0.25) is 9.59 Å². The molecule has 0 unspecified atom stereocenters. The van der Waals surface area contributed by atoms with Gasteiger partial charge in [0, 0.05) is 15.6 Å². The molecule has 0 heterocycles. The predicted octanol–water partition coefficient (Wildman–Crippen LogP) is 3.14. The molecule has 4 N–H and O–H groups in total. The molecule has 0 saturated carbocycles. The molecule has 0 aliphatic carbocycles. The largest absolute Gasteiger partial charge is 0.323 e. The van der Waals surface area contributed by atoms with Crippen LogP contribution in [-0.4, -0.2) is 18.4 Å². The van der Waals surface area contributed by atoms with Crippen LogP contribution in [0.4, 0.5) is 11.4 Å². The Kier molecular flexibility index (Phi) is 5.38. The van der Waals surface area contributed by atoms with E-state index in [-0.39, 0.29) is 18.4 Å². The Bertz CT molecular complexity index is 702. The number of carbonyl (C=O) groups excluding carboxylic acids is 2. The minimum absolute atomic E-state index is 0.170. The minimum Gasteiger partial charge on any atom is -0.323 e. The van der Waals surface area contributed by atoms with Crippen molar-refractivity contribution in [2.45, 2.75) is 0 Å². The van der Waals surface area contributed by atoms with Crippen LogP contribution in [0, 0.1) is 0 Å². The van der Waals surface area contributed by atoms with E-state index in [2.05, 4.69) is 10.6 Å². The monoisotopic (exact) mass is 337 g/mol. The Hall–Kier alpha value is -2.08. The molecule has 2 aromatic rings. The molecule has 114 valence electrons. The molecule has 0 radical (unpaired) electrons. The van der Waals surface area contributed by atoms with Gasteiger partial charge in [-0.25, -0.2) is 0 Å². The van der Waals surface area contributed by atoms with Gasteiger partial charge in [0.15, 0.2) is 0 Å². The van der Waals surface area contributed by atoms with Crippen molar-refractivity contribution in [3.05, 3.63) is 58.1 Å². The molecule has 0 spiro atoms. The number of benzene rings is 2. The van der Waals surface area contributed by atoms with Crippen LogP contribution in [-0.2, 0) is 4.79 Å². The van der Waals surface area contributed by atoms with Crippen LogP contribution in [0.1, 0.15) is 10.4 Å². The summed E-state index contributed by atoms with van der Waals surface area (Å²) in [5.41, 5.74) is 6.51. The molecule has 0 saturated heterocycles. The molecule has 5 nitrogen and oxygen atoms in total. The highest BCUT2D eigenvalue weighted by Gasteiger charge is 2.11. The summed E-state index contributed by atoms with van der Waals surface area (Å²) in [6.07, 6.45) is 0. The van der Waals surface area contributed by atoms with Crippen molar-refractivity contribution in [2.75, 3.05) is 17.2 Å². The smallest absolute Gasteiger partial charge is 0.255 e. The molecule has 22 heavy (non-hydrogen) atoms. The van der Waals surface area contributed by atoms with Crippen molar-refractivity contribution < 1.29 is 9.59 Å². The molecule has 0 aliphatic heterocycles. The van der Waals surface area contributed by atoms with E-state index in [0.29, 0.717) is 27.0 Å². The molecule has 7 heteroatoms. The Morgan fingerprint density at radius 3 is 2.18 bits per heavy atom. The second-order valence-electron chi connectivity index (χ2n) is 4.40. The standard InChI is InChI=1S/C15H13Cl2N3O2/c16-10-3-1-9(2-4-10)15(22)20-12-6-5-11(17)7-13(12)19-14(21)8-18/h1-7H,8,18H2,(H,19,21)(H,20,22). The summed E-state index contributed by atoms with van der Waals surface area (Å²) < 4.78 is 0. The summed E-state index contributed by atoms with van der Waals surface area (Å²) in [7, 11) is 0. The van der Waals surface area contributed by atoms with Gasteiger partial charge in [0.1, 0.15) is 0 Å². The average molecular weight is 338 g/mol. The first-order chi connectivity index (χ1) is 10.5. The van der Waals surface area contributed by atoms with Gasteiger partial charge in [-0.1, -0.05) is 23.2 Å².